The van der Waals surface area contributed by atoms with Crippen LogP contribution in [0.2, 0.25) is 36.3 Å². The van der Waals surface area contributed by atoms with E-state index >= 15 is 8.78 Å². The van der Waals surface area contributed by atoms with Crippen LogP contribution in [0.25, 0.3) is 0 Å². The van der Waals surface area contributed by atoms with E-state index in [1.54, 1.807) is 6.08 Å². The van der Waals surface area contributed by atoms with Crippen molar-refractivity contribution in [2.24, 2.45) is 11.8 Å². The van der Waals surface area contributed by atoms with Crippen LogP contribution in [0, 0.1) is 18.8 Å². The monoisotopic (exact) mass is 688 g/mol. The highest BCUT2D eigenvalue weighted by atomic mass is 28.4. The molecule has 1 unspecified atom stereocenters. The summed E-state index contributed by atoms with van der Waals surface area (Å²) in [6, 6.07) is 8.50. The molecule has 47 heavy (non-hydrogen) atoms. The maximum atomic E-state index is 16.4. The van der Waals surface area contributed by atoms with Crippen LogP contribution in [-0.2, 0) is 20.0 Å². The minimum Gasteiger partial charge on any atom is -0.488 e. The smallest absolute Gasteiger partial charge is 0.310 e. The summed E-state index contributed by atoms with van der Waals surface area (Å²) in [5, 5.41) is 13.9. The summed E-state index contributed by atoms with van der Waals surface area (Å²) in [5.41, 5.74) is 2.36. The normalized spacial score (nSPS) is 25.7. The summed E-state index contributed by atoms with van der Waals surface area (Å²) in [4.78, 5) is 0. The van der Waals surface area contributed by atoms with Gasteiger partial charge in [-0.1, -0.05) is 95.7 Å². The quantitative estimate of drug-likeness (QED) is 0.136. The van der Waals surface area contributed by atoms with E-state index in [1.807, 2.05) is 6.08 Å². The number of aromatic nitrogens is 4. The molecule has 1 saturated carbocycles. The van der Waals surface area contributed by atoms with Crippen molar-refractivity contribution < 1.29 is 22.4 Å². The number of hydrogen-bond donors (Lipinski definition) is 1. The second-order valence-electron chi connectivity index (χ2n) is 16.8. The van der Waals surface area contributed by atoms with E-state index in [-0.39, 0.29) is 34.0 Å². The van der Waals surface area contributed by atoms with Gasteiger partial charge in [0.05, 0.1) is 18.1 Å². The number of fused-ring (bicyclic) bond motifs is 1. The Morgan fingerprint density at radius 1 is 1.09 bits per heavy atom. The zero-order valence-electron chi connectivity index (χ0n) is 30.7. The third-order valence-corrected chi connectivity index (χ3v) is 20.1. The number of aryl methyl sites for hydroxylation is 2. The molecular weight excluding hydrogens is 631 g/mol. The second kappa shape index (κ2) is 14.0. The average molecular weight is 689 g/mol. The van der Waals surface area contributed by atoms with Crippen molar-refractivity contribution in [1.82, 2.24) is 20.6 Å². The first kappa shape index (κ1) is 37.6. The molecule has 4 rings (SSSR count). The number of unbranched alkanes of at least 4 members (excludes halogenated alkanes) is 1. The van der Waals surface area contributed by atoms with Gasteiger partial charge in [-0.15, -0.1) is 10.2 Å². The number of allylic oxidation sites excluding steroid dienone is 2. The number of ether oxygens (including phenoxy) is 1. The third-order valence-electron chi connectivity index (χ3n) is 11.1. The van der Waals surface area contributed by atoms with Gasteiger partial charge in [0, 0.05) is 24.7 Å². The lowest BCUT2D eigenvalue weighted by molar-refractivity contribution is -0.0259. The summed E-state index contributed by atoms with van der Waals surface area (Å²) in [5.74, 6) is -4.26. The van der Waals surface area contributed by atoms with Gasteiger partial charge in [0.1, 0.15) is 6.10 Å². The number of H-pyrrole nitrogens is 1. The first-order chi connectivity index (χ1) is 21.6. The standard InChI is InChI=1S/C36H58F2N4O3Si2/c1-24-16-15-17-26(22-24)25(2)28(44-46(9,10)34(3,4)5)21-20-27-29(45-47(11,12)35(6,7)8)23-30-33(27)36(37,38)31(43-30)18-13-14-19-32-39-41-42-40-32/h15-18,20-22,25,27-30,33H,13-14,19,23H2,1-12H3,(H,39,40,41,42)/b21-20+,31-18-/t25-,27+,28-,29?,30+,33-/m1/s1. The zero-order chi connectivity index (χ0) is 35.0. The largest absolute Gasteiger partial charge is 0.488 e. The summed E-state index contributed by atoms with van der Waals surface area (Å²) < 4.78 is 53.0. The fourth-order valence-electron chi connectivity index (χ4n) is 6.11. The van der Waals surface area contributed by atoms with Crippen LogP contribution in [0.3, 0.4) is 0 Å². The fourth-order valence-corrected chi connectivity index (χ4v) is 8.79. The molecule has 1 aromatic carbocycles. The lowest BCUT2D eigenvalue weighted by Crippen LogP contribution is -2.46. The molecule has 0 amide bonds. The number of aromatic amines is 1. The van der Waals surface area contributed by atoms with Gasteiger partial charge in [-0.05, 0) is 67.7 Å². The summed E-state index contributed by atoms with van der Waals surface area (Å²) in [6.07, 6.45) is 6.44. The van der Waals surface area contributed by atoms with E-state index in [1.165, 1.54) is 11.1 Å². The first-order valence-corrected chi connectivity index (χ1v) is 23.0. The number of nitrogens with zero attached hydrogens (tertiary/aromatic N) is 3. The van der Waals surface area contributed by atoms with E-state index in [2.05, 4.69) is 133 Å². The number of nitrogens with one attached hydrogen (secondary N) is 1. The molecule has 262 valence electrons. The van der Waals surface area contributed by atoms with Crippen molar-refractivity contribution in [3.63, 3.8) is 0 Å². The molecule has 1 aliphatic heterocycles. The Balaban J connectivity index is 1.67. The van der Waals surface area contributed by atoms with Gasteiger partial charge in [0.2, 0.25) is 0 Å². The third kappa shape index (κ3) is 8.51. The van der Waals surface area contributed by atoms with E-state index in [0.717, 1.165) is 0 Å². The van der Waals surface area contributed by atoms with Gasteiger partial charge >= 0.3 is 5.92 Å². The van der Waals surface area contributed by atoms with Gasteiger partial charge in [-0.3, -0.25) is 0 Å². The molecule has 1 aromatic heterocycles. The van der Waals surface area contributed by atoms with E-state index in [0.29, 0.717) is 31.5 Å². The molecule has 7 nitrogen and oxygen atoms in total. The maximum Gasteiger partial charge on any atom is 0.310 e. The Bertz CT molecular complexity index is 1400. The Morgan fingerprint density at radius 2 is 1.77 bits per heavy atom. The van der Waals surface area contributed by atoms with Crippen LogP contribution in [0.5, 0.6) is 0 Å². The lowest BCUT2D eigenvalue weighted by Gasteiger charge is -2.41. The highest BCUT2D eigenvalue weighted by molar-refractivity contribution is 6.74. The lowest BCUT2D eigenvalue weighted by atomic mass is 9.86. The summed E-state index contributed by atoms with van der Waals surface area (Å²) >= 11 is 0. The van der Waals surface area contributed by atoms with Gasteiger partial charge in [-0.2, -0.15) is 14.0 Å². The van der Waals surface area contributed by atoms with Gasteiger partial charge in [-0.25, -0.2) is 0 Å². The Labute approximate surface area is 283 Å². The molecule has 2 heterocycles. The molecule has 0 radical (unpaired) electrons. The van der Waals surface area contributed by atoms with Gasteiger partial charge < -0.3 is 13.6 Å². The van der Waals surface area contributed by atoms with Crippen molar-refractivity contribution in [2.75, 3.05) is 0 Å². The molecule has 1 N–H and O–H groups in total. The van der Waals surface area contributed by atoms with Crippen molar-refractivity contribution in [2.45, 2.75) is 147 Å². The highest BCUT2D eigenvalue weighted by Gasteiger charge is 2.64. The van der Waals surface area contributed by atoms with E-state index < -0.39 is 40.5 Å². The molecule has 6 atom stereocenters. The number of benzene rings is 1. The number of rotatable bonds is 12. The predicted octanol–water partition coefficient (Wildman–Crippen LogP) is 9.53. The zero-order valence-corrected chi connectivity index (χ0v) is 32.7. The SMILES string of the molecule is Cc1cccc([C@@H](C)[C@@H](/C=C/[C@H]2C(O[Si](C)(C)C(C)(C)C)C[C@@H]3O/C(=C\CCCc4nn[nH]n4)C(F)(F)[C@@H]32)O[Si](C)(C)C(C)(C)C)c1. The Kier molecular flexibility index (Phi) is 11.2. The van der Waals surface area contributed by atoms with Crippen molar-refractivity contribution in [3.8, 4) is 0 Å². The molecule has 2 aliphatic rings. The second-order valence-corrected chi connectivity index (χ2v) is 26.3. The molecule has 1 saturated heterocycles. The predicted molar refractivity (Wildman–Crippen MR) is 189 cm³/mol. The number of alkyl halides is 2. The van der Waals surface area contributed by atoms with Crippen LogP contribution in [0.4, 0.5) is 8.78 Å². The van der Waals surface area contributed by atoms with Gasteiger partial charge in [0.15, 0.2) is 28.2 Å². The maximum absolute atomic E-state index is 16.4. The molecule has 0 spiro atoms. The molecule has 11 heteroatoms. The topological polar surface area (TPSA) is 82.2 Å². The Hall–Kier alpha value is -2.22. The average Bonchev–Trinajstić information content (AvgIpc) is 3.64. The highest BCUT2D eigenvalue weighted by Crippen LogP contribution is 2.56. The van der Waals surface area contributed by atoms with Gasteiger partial charge in [0.25, 0.3) is 0 Å². The number of tetrazole rings is 1. The molecule has 2 aromatic rings. The number of hydrogen-bond acceptors (Lipinski definition) is 6. The Morgan fingerprint density at radius 3 is 2.36 bits per heavy atom. The van der Waals surface area contributed by atoms with Crippen LogP contribution >= 0.6 is 0 Å². The van der Waals surface area contributed by atoms with Crippen molar-refractivity contribution in [3.05, 3.63) is 65.2 Å². The minimum atomic E-state index is -3.12. The van der Waals surface area contributed by atoms with Crippen LogP contribution in [-0.4, -0.2) is 61.5 Å². The molecule has 2 fully saturated rings. The van der Waals surface area contributed by atoms with E-state index in [9.17, 15) is 0 Å². The summed E-state index contributed by atoms with van der Waals surface area (Å²) in [7, 11) is -4.48. The van der Waals surface area contributed by atoms with Crippen molar-refractivity contribution in [1.29, 1.82) is 0 Å². The molecule has 1 aliphatic carbocycles. The van der Waals surface area contributed by atoms with Crippen molar-refractivity contribution >= 4 is 16.6 Å². The first-order valence-electron chi connectivity index (χ1n) is 17.2. The van der Waals surface area contributed by atoms with Crippen LogP contribution in [0.1, 0.15) is 90.6 Å². The molecule has 0 bridgehead atoms. The number of halogens is 2. The van der Waals surface area contributed by atoms with E-state index in [4.69, 9.17) is 13.6 Å². The van der Waals surface area contributed by atoms with Crippen LogP contribution < -0.4 is 0 Å². The summed E-state index contributed by atoms with van der Waals surface area (Å²) in [6.45, 7) is 26.4. The molecular formula is C36H58F2N4O3Si2. The fraction of sp³-hybridized carbons (Fsp3) is 0.694. The van der Waals surface area contributed by atoms with Crippen LogP contribution in [0.15, 0.2) is 48.3 Å². The minimum absolute atomic E-state index is 0.00634.